The van der Waals surface area contributed by atoms with Crippen LogP contribution in [-0.2, 0) is 19.1 Å². The molecule has 0 radical (unpaired) electrons. The van der Waals surface area contributed by atoms with Crippen molar-refractivity contribution in [3.8, 4) is 11.8 Å². The van der Waals surface area contributed by atoms with Crippen molar-refractivity contribution in [3.63, 3.8) is 0 Å². The van der Waals surface area contributed by atoms with E-state index >= 15 is 0 Å². The summed E-state index contributed by atoms with van der Waals surface area (Å²) in [6.07, 6.45) is -5.75. The fourth-order valence-electron chi connectivity index (χ4n) is 4.33. The summed E-state index contributed by atoms with van der Waals surface area (Å²) in [6, 6.07) is 28.0. The van der Waals surface area contributed by atoms with Gasteiger partial charge in [-0.15, -0.1) is 0 Å². The lowest BCUT2D eigenvalue weighted by molar-refractivity contribution is -0.147. The Balaban J connectivity index is 2.31. The summed E-state index contributed by atoms with van der Waals surface area (Å²) in [5.74, 6) is -0.897. The van der Waals surface area contributed by atoms with Crippen LogP contribution >= 0.6 is 7.26 Å². The molecule has 0 amide bonds. The maximum Gasteiger partial charge on any atom is 0.352 e. The van der Waals surface area contributed by atoms with Gasteiger partial charge in [-0.3, -0.25) is 15.5 Å². The van der Waals surface area contributed by atoms with Crippen molar-refractivity contribution in [2.75, 3.05) is 13.7 Å². The van der Waals surface area contributed by atoms with Crippen LogP contribution in [0.15, 0.2) is 103 Å². The van der Waals surface area contributed by atoms with Crippen LogP contribution in [0.1, 0.15) is 13.3 Å². The van der Waals surface area contributed by atoms with Crippen LogP contribution in [0, 0.1) is 23.7 Å². The van der Waals surface area contributed by atoms with E-state index in [9.17, 15) is 22.8 Å². The molecule has 0 saturated carbocycles. The monoisotopic (exact) mass is 552 g/mol. The van der Waals surface area contributed by atoms with E-state index in [1.165, 1.54) is 0 Å². The Kier molecular flexibility index (Phi) is 9.98. The predicted octanol–water partition coefficient (Wildman–Crippen LogP) is 5.38. The number of esters is 2. The highest BCUT2D eigenvalue weighted by Crippen LogP contribution is 2.65. The van der Waals surface area contributed by atoms with Crippen molar-refractivity contribution in [2.24, 2.45) is 5.92 Å². The topological polar surface area (TPSA) is 52.6 Å². The van der Waals surface area contributed by atoms with E-state index in [-0.39, 0.29) is 11.9 Å². The quantitative estimate of drug-likeness (QED) is 0.118. The standard InChI is InChI=1S/C31H28F3O4P/c1-4-38-30(36)28(22-24(31(32,33)34)20-21-29(35)37-3)23(2)39(25-14-8-5-9-15-25,26-16-10-6-11-17-26)27-18-12-7-13-19-27/h5-19,28H,2,4,22H2,1,3H3. The number of rotatable bonds is 9. The summed E-state index contributed by atoms with van der Waals surface area (Å²) >= 11 is 0. The van der Waals surface area contributed by atoms with Crippen molar-refractivity contribution in [1.82, 2.24) is 0 Å². The number of halogens is 3. The van der Waals surface area contributed by atoms with Gasteiger partial charge in [-0.2, -0.15) is 13.2 Å². The number of hydrogen-bond acceptors (Lipinski definition) is 4. The molecule has 202 valence electrons. The Labute approximate surface area is 227 Å². The molecule has 1 unspecified atom stereocenters. The van der Waals surface area contributed by atoms with E-state index < -0.39 is 43.6 Å². The fourth-order valence-corrected chi connectivity index (χ4v) is 8.74. The van der Waals surface area contributed by atoms with Crippen LogP contribution in [0.3, 0.4) is 0 Å². The minimum atomic E-state index is -4.90. The molecule has 1 atom stereocenters. The van der Waals surface area contributed by atoms with Gasteiger partial charge in [-0.1, -0.05) is 73.5 Å². The van der Waals surface area contributed by atoms with E-state index in [1.807, 2.05) is 103 Å². The number of benzene rings is 3. The van der Waals surface area contributed by atoms with Gasteiger partial charge in [0.25, 0.3) is 5.97 Å². The summed E-state index contributed by atoms with van der Waals surface area (Å²) < 4.78 is 52.1. The lowest BCUT2D eigenvalue weighted by Gasteiger charge is -2.34. The van der Waals surface area contributed by atoms with Crippen LogP contribution in [0.4, 0.5) is 13.2 Å². The molecule has 0 N–H and O–H groups in total. The molecule has 0 aliphatic rings. The first-order valence-electron chi connectivity index (χ1n) is 12.1. The molecule has 4 nitrogen and oxygen atoms in total. The first-order valence-corrected chi connectivity index (χ1v) is 13.9. The molecule has 0 aliphatic heterocycles. The van der Waals surface area contributed by atoms with E-state index in [1.54, 1.807) is 6.92 Å². The number of hydrogen-bond donors (Lipinski definition) is 0. The van der Waals surface area contributed by atoms with Crippen molar-refractivity contribution in [2.45, 2.75) is 19.5 Å². The summed E-state index contributed by atoms with van der Waals surface area (Å²) in [7, 11) is -1.93. The Morgan fingerprint density at radius 1 is 0.897 bits per heavy atom. The average molecular weight is 553 g/mol. The molecule has 39 heavy (non-hydrogen) atoms. The minimum Gasteiger partial charge on any atom is -0.474 e. The first kappa shape index (κ1) is 29.5. The van der Waals surface area contributed by atoms with Crippen molar-refractivity contribution in [1.29, 1.82) is 0 Å². The van der Waals surface area contributed by atoms with E-state index in [4.69, 9.17) is 4.74 Å². The average Bonchev–Trinajstić information content (AvgIpc) is 2.94. The van der Waals surface area contributed by atoms with Gasteiger partial charge >= 0.3 is 12.1 Å². The largest absolute Gasteiger partial charge is 0.474 e. The molecule has 0 fully saturated rings. The molecule has 0 saturated heterocycles. The molecule has 3 aromatic rings. The van der Waals surface area contributed by atoms with Gasteiger partial charge in [0.15, 0.2) is 0 Å². The SMILES string of the molecule is C=C(C(C[C-](C#CC(=O)OC)C(F)(F)F)C(=O)OCC)[P+](c1ccccc1)(c1ccccc1)c1ccccc1. The summed E-state index contributed by atoms with van der Waals surface area (Å²) in [5.41, 5.74) is 0. The van der Waals surface area contributed by atoms with Gasteiger partial charge in [0, 0.05) is 0 Å². The minimum absolute atomic E-state index is 0.0364. The molecule has 0 aliphatic carbocycles. The summed E-state index contributed by atoms with van der Waals surface area (Å²) in [6.45, 7) is 5.88. The number of carbonyl (C=O) groups excluding carboxylic acids is 2. The van der Waals surface area contributed by atoms with Gasteiger partial charge in [-0.05, 0) is 43.3 Å². The highest BCUT2D eigenvalue weighted by Gasteiger charge is 2.53. The summed E-state index contributed by atoms with van der Waals surface area (Å²) in [4.78, 5) is 24.9. The number of ether oxygens (including phenoxy) is 2. The lowest BCUT2D eigenvalue weighted by atomic mass is 9.94. The Morgan fingerprint density at radius 2 is 1.33 bits per heavy atom. The maximum absolute atomic E-state index is 14.1. The van der Waals surface area contributed by atoms with Crippen LogP contribution in [0.5, 0.6) is 0 Å². The van der Waals surface area contributed by atoms with Gasteiger partial charge in [0.1, 0.15) is 29.1 Å². The van der Waals surface area contributed by atoms with Gasteiger partial charge < -0.3 is 9.47 Å². The number of carbonyl (C=O) groups is 2. The number of alkyl halides is 3. The van der Waals surface area contributed by atoms with Crippen molar-refractivity contribution >= 4 is 35.1 Å². The molecular weight excluding hydrogens is 524 g/mol. The zero-order valence-corrected chi connectivity index (χ0v) is 22.5. The van der Waals surface area contributed by atoms with Gasteiger partial charge in [0.05, 0.1) is 19.0 Å². The molecule has 0 heterocycles. The van der Waals surface area contributed by atoms with Crippen molar-refractivity contribution < 1.29 is 32.2 Å². The van der Waals surface area contributed by atoms with Crippen molar-refractivity contribution in [3.05, 3.63) is 109 Å². The smallest absolute Gasteiger partial charge is 0.352 e. The van der Waals surface area contributed by atoms with E-state index in [0.29, 0.717) is 0 Å². The maximum atomic E-state index is 14.1. The normalized spacial score (nSPS) is 11.9. The molecule has 3 aromatic carbocycles. The second-order valence-electron chi connectivity index (χ2n) is 8.40. The molecular formula is C31H28F3O4P. The van der Waals surface area contributed by atoms with Crippen LogP contribution < -0.4 is 15.9 Å². The number of methoxy groups -OCH3 is 1. The Hall–Kier alpha value is -4.01. The molecule has 0 spiro atoms. The zero-order chi connectivity index (χ0) is 28.5. The first-order chi connectivity index (χ1) is 18.7. The van der Waals surface area contributed by atoms with Crippen LogP contribution in [-0.4, -0.2) is 31.8 Å². The zero-order valence-electron chi connectivity index (χ0n) is 21.6. The third-order valence-corrected chi connectivity index (χ3v) is 10.5. The fraction of sp³-hybridized carbons (Fsp3) is 0.194. The van der Waals surface area contributed by atoms with Crippen LogP contribution in [0.2, 0.25) is 0 Å². The third-order valence-electron chi connectivity index (χ3n) is 6.09. The molecule has 8 heteroatoms. The molecule has 3 rings (SSSR count). The van der Waals surface area contributed by atoms with Gasteiger partial charge in [0.2, 0.25) is 0 Å². The Morgan fingerprint density at radius 3 is 1.69 bits per heavy atom. The highest BCUT2D eigenvalue weighted by molar-refractivity contribution is 7.99. The second kappa shape index (κ2) is 13.2. The lowest BCUT2D eigenvalue weighted by Crippen LogP contribution is -2.37. The summed E-state index contributed by atoms with van der Waals surface area (Å²) in [5, 5.41) is 2.73. The third kappa shape index (κ3) is 6.71. The van der Waals surface area contributed by atoms with Gasteiger partial charge in [-0.25, -0.2) is 5.92 Å². The predicted molar refractivity (Wildman–Crippen MR) is 148 cm³/mol. The highest BCUT2D eigenvalue weighted by atomic mass is 31.2. The molecule has 0 bridgehead atoms. The Bertz CT molecular complexity index is 1230. The van der Waals surface area contributed by atoms with E-state index in [0.717, 1.165) is 23.0 Å². The molecule has 0 aromatic heterocycles. The van der Waals surface area contributed by atoms with Crippen LogP contribution in [0.25, 0.3) is 0 Å². The van der Waals surface area contributed by atoms with E-state index in [2.05, 4.69) is 11.3 Å². The second-order valence-corrected chi connectivity index (χ2v) is 11.9.